The molecular formula is C13H10F3N3O3. The molecule has 116 valence electrons. The van der Waals surface area contributed by atoms with E-state index in [1.54, 1.807) is 12.1 Å². The quantitative estimate of drug-likeness (QED) is 0.852. The van der Waals surface area contributed by atoms with E-state index in [1.807, 2.05) is 0 Å². The first-order chi connectivity index (χ1) is 10.4. The molecule has 3 rings (SSSR count). The highest BCUT2D eigenvalue weighted by molar-refractivity contribution is 5.88. The zero-order chi connectivity index (χ0) is 15.7. The molecule has 1 amide bonds. The van der Waals surface area contributed by atoms with Gasteiger partial charge in [-0.3, -0.25) is 4.90 Å². The summed E-state index contributed by atoms with van der Waals surface area (Å²) in [5.41, 5.74) is 0.946. The lowest BCUT2D eigenvalue weighted by atomic mass is 10.2. The van der Waals surface area contributed by atoms with Crippen LogP contribution in [0.25, 0.3) is 11.4 Å². The monoisotopic (exact) mass is 313 g/mol. The number of alkyl halides is 3. The van der Waals surface area contributed by atoms with Crippen molar-refractivity contribution in [2.24, 2.45) is 0 Å². The Hall–Kier alpha value is -2.58. The maximum atomic E-state index is 12.4. The number of anilines is 1. The van der Waals surface area contributed by atoms with Crippen LogP contribution in [0, 0.1) is 0 Å². The molecule has 2 heterocycles. The molecule has 2 aromatic rings. The van der Waals surface area contributed by atoms with Gasteiger partial charge in [0.25, 0.3) is 0 Å². The van der Waals surface area contributed by atoms with Gasteiger partial charge < -0.3 is 9.26 Å². The normalized spacial score (nSPS) is 15.8. The third-order valence-corrected chi connectivity index (χ3v) is 3.08. The molecule has 1 fully saturated rings. The summed E-state index contributed by atoms with van der Waals surface area (Å²) in [5.74, 6) is -1.56. The molecule has 1 aromatic heterocycles. The summed E-state index contributed by atoms with van der Waals surface area (Å²) in [6.07, 6.45) is -4.41. The highest BCUT2D eigenvalue weighted by Gasteiger charge is 2.38. The minimum Gasteiger partial charge on any atom is -0.449 e. The summed E-state index contributed by atoms with van der Waals surface area (Å²) in [7, 11) is 0. The summed E-state index contributed by atoms with van der Waals surface area (Å²) < 4.78 is 46.3. The number of cyclic esters (lactones) is 1. The molecule has 1 saturated heterocycles. The molecule has 0 unspecified atom stereocenters. The maximum Gasteiger partial charge on any atom is 0.471 e. The Morgan fingerprint density at radius 2 is 1.91 bits per heavy atom. The fraction of sp³-hybridized carbons (Fsp3) is 0.308. The molecule has 0 aliphatic carbocycles. The van der Waals surface area contributed by atoms with Crippen LogP contribution in [0.1, 0.15) is 12.3 Å². The molecule has 22 heavy (non-hydrogen) atoms. The van der Waals surface area contributed by atoms with Crippen molar-refractivity contribution in [3.63, 3.8) is 0 Å². The predicted octanol–water partition coefficient (Wildman–Crippen LogP) is 3.10. The van der Waals surface area contributed by atoms with E-state index >= 15 is 0 Å². The molecule has 0 radical (unpaired) electrons. The van der Waals surface area contributed by atoms with Crippen LogP contribution in [0.2, 0.25) is 0 Å². The van der Waals surface area contributed by atoms with Gasteiger partial charge in [0.1, 0.15) is 0 Å². The first kappa shape index (κ1) is 14.4. The third-order valence-electron chi connectivity index (χ3n) is 3.08. The molecule has 0 N–H and O–H groups in total. The van der Waals surface area contributed by atoms with Crippen LogP contribution < -0.4 is 4.90 Å². The number of carbonyl (C=O) groups excluding carboxylic acids is 1. The summed E-state index contributed by atoms with van der Waals surface area (Å²) in [6, 6.07) is 6.21. The minimum absolute atomic E-state index is 0.167. The Morgan fingerprint density at radius 3 is 2.50 bits per heavy atom. The van der Waals surface area contributed by atoms with Crippen molar-refractivity contribution < 1.29 is 27.2 Å². The molecule has 0 spiro atoms. The van der Waals surface area contributed by atoms with E-state index in [1.165, 1.54) is 17.0 Å². The Kier molecular flexibility index (Phi) is 3.47. The number of hydrogen-bond donors (Lipinski definition) is 0. The largest absolute Gasteiger partial charge is 0.471 e. The van der Waals surface area contributed by atoms with Crippen molar-refractivity contribution in [2.45, 2.75) is 12.6 Å². The van der Waals surface area contributed by atoms with Crippen molar-refractivity contribution >= 4 is 11.8 Å². The number of halogens is 3. The average Bonchev–Trinajstić information content (AvgIpc) is 2.98. The number of rotatable bonds is 2. The number of carbonyl (C=O) groups is 1. The molecule has 0 saturated carbocycles. The van der Waals surface area contributed by atoms with Crippen LogP contribution in [0.15, 0.2) is 28.8 Å². The van der Waals surface area contributed by atoms with Gasteiger partial charge in [-0.25, -0.2) is 4.79 Å². The molecule has 6 nitrogen and oxygen atoms in total. The molecule has 1 aliphatic heterocycles. The van der Waals surface area contributed by atoms with Crippen molar-refractivity contribution in [1.82, 2.24) is 10.1 Å². The highest BCUT2D eigenvalue weighted by atomic mass is 19.4. The second-order valence-corrected chi connectivity index (χ2v) is 4.59. The van der Waals surface area contributed by atoms with Crippen molar-refractivity contribution in [2.75, 3.05) is 18.1 Å². The Morgan fingerprint density at radius 1 is 1.18 bits per heavy atom. The summed E-state index contributed by atoms with van der Waals surface area (Å²) in [5, 5.41) is 3.30. The Balaban J connectivity index is 1.82. The number of ether oxygens (including phenoxy) is 1. The SMILES string of the molecule is O=C1OCCCN1c1ccc(-c2noc(C(F)(F)F)n2)cc1. The standard InChI is InChI=1S/C13H10F3N3O3/c14-13(15,16)11-17-10(18-22-11)8-2-4-9(5-3-8)19-6-1-7-21-12(19)20/h2-5H,1,6-7H2. The first-order valence-corrected chi connectivity index (χ1v) is 6.41. The first-order valence-electron chi connectivity index (χ1n) is 6.41. The minimum atomic E-state index is -4.68. The second kappa shape index (κ2) is 5.32. The van der Waals surface area contributed by atoms with Crippen LogP contribution >= 0.6 is 0 Å². The Bertz CT molecular complexity index is 682. The smallest absolute Gasteiger partial charge is 0.449 e. The number of amides is 1. The fourth-order valence-electron chi connectivity index (χ4n) is 2.03. The van der Waals surface area contributed by atoms with E-state index in [4.69, 9.17) is 4.74 Å². The number of hydrogen-bond acceptors (Lipinski definition) is 5. The van der Waals surface area contributed by atoms with Gasteiger partial charge in [0.15, 0.2) is 0 Å². The highest BCUT2D eigenvalue weighted by Crippen LogP contribution is 2.30. The average molecular weight is 313 g/mol. The van der Waals surface area contributed by atoms with Gasteiger partial charge in [-0.05, 0) is 30.7 Å². The van der Waals surface area contributed by atoms with Gasteiger partial charge in [-0.15, -0.1) is 0 Å². The van der Waals surface area contributed by atoms with Crippen LogP contribution in [-0.4, -0.2) is 29.4 Å². The van der Waals surface area contributed by atoms with Gasteiger partial charge >= 0.3 is 18.2 Å². The molecule has 0 atom stereocenters. The zero-order valence-corrected chi connectivity index (χ0v) is 11.1. The lowest BCUT2D eigenvalue weighted by Gasteiger charge is -2.26. The van der Waals surface area contributed by atoms with E-state index in [2.05, 4.69) is 14.7 Å². The fourth-order valence-corrected chi connectivity index (χ4v) is 2.03. The summed E-state index contributed by atoms with van der Waals surface area (Å²) in [4.78, 5) is 16.4. The van der Waals surface area contributed by atoms with E-state index in [-0.39, 0.29) is 5.82 Å². The van der Waals surface area contributed by atoms with Crippen LogP contribution in [0.3, 0.4) is 0 Å². The van der Waals surface area contributed by atoms with Gasteiger partial charge in [0.2, 0.25) is 5.82 Å². The van der Waals surface area contributed by atoms with Gasteiger partial charge in [0.05, 0.1) is 6.61 Å². The predicted molar refractivity (Wildman–Crippen MR) is 68.0 cm³/mol. The molecular weight excluding hydrogens is 303 g/mol. The number of aromatic nitrogens is 2. The molecule has 0 bridgehead atoms. The van der Waals surface area contributed by atoms with Crippen molar-refractivity contribution in [3.8, 4) is 11.4 Å². The topological polar surface area (TPSA) is 68.5 Å². The van der Waals surface area contributed by atoms with Crippen molar-refractivity contribution in [1.29, 1.82) is 0 Å². The number of benzene rings is 1. The van der Waals surface area contributed by atoms with E-state index in [9.17, 15) is 18.0 Å². The molecule has 9 heteroatoms. The summed E-state index contributed by atoms with van der Waals surface area (Å²) in [6.45, 7) is 0.912. The van der Waals surface area contributed by atoms with E-state index in [0.29, 0.717) is 30.8 Å². The van der Waals surface area contributed by atoms with Gasteiger partial charge in [-0.2, -0.15) is 18.2 Å². The second-order valence-electron chi connectivity index (χ2n) is 4.59. The summed E-state index contributed by atoms with van der Waals surface area (Å²) >= 11 is 0. The maximum absolute atomic E-state index is 12.4. The van der Waals surface area contributed by atoms with E-state index in [0.717, 1.165) is 0 Å². The van der Waals surface area contributed by atoms with Gasteiger partial charge in [0, 0.05) is 17.8 Å². The van der Waals surface area contributed by atoms with Crippen molar-refractivity contribution in [3.05, 3.63) is 30.2 Å². The molecule has 1 aliphatic rings. The van der Waals surface area contributed by atoms with Gasteiger partial charge in [-0.1, -0.05) is 5.16 Å². The van der Waals surface area contributed by atoms with E-state index < -0.39 is 18.2 Å². The van der Waals surface area contributed by atoms with Crippen LogP contribution in [-0.2, 0) is 10.9 Å². The van der Waals surface area contributed by atoms with Crippen LogP contribution in [0.4, 0.5) is 23.7 Å². The lowest BCUT2D eigenvalue weighted by molar-refractivity contribution is -0.159. The molecule has 1 aromatic carbocycles. The van der Waals surface area contributed by atoms with Crippen LogP contribution in [0.5, 0.6) is 0 Å². The lowest BCUT2D eigenvalue weighted by Crippen LogP contribution is -2.37. The third kappa shape index (κ3) is 2.74. The Labute approximate surface area is 122 Å². The number of nitrogens with zero attached hydrogens (tertiary/aromatic N) is 3. The zero-order valence-electron chi connectivity index (χ0n) is 11.1.